The number of halogens is 1. The number of unbranched alkanes of at least 4 members (excludes halogenated alkanes) is 1. The van der Waals surface area contributed by atoms with Crippen molar-refractivity contribution in [2.45, 2.75) is 44.9 Å². The van der Waals surface area contributed by atoms with E-state index in [1.807, 2.05) is 17.9 Å². The molecule has 236 valence electrons. The molecule has 0 saturated carbocycles. The first kappa shape index (κ1) is 33.3. The molecule has 2 aromatic carbocycles. The van der Waals surface area contributed by atoms with Crippen LogP contribution in [0.4, 0.5) is 23.1 Å². The zero-order valence-corrected chi connectivity index (χ0v) is 27.6. The lowest BCUT2D eigenvalue weighted by Crippen LogP contribution is -2.48. The first-order chi connectivity index (χ1) is 21.0. The van der Waals surface area contributed by atoms with Gasteiger partial charge in [-0.2, -0.15) is 4.98 Å². The molecular weight excluding hydrogens is 648 g/mol. The lowest BCUT2D eigenvalue weighted by Gasteiger charge is -2.34. The molecule has 1 aliphatic rings. The van der Waals surface area contributed by atoms with Gasteiger partial charge in [-0.3, -0.25) is 14.5 Å². The highest BCUT2D eigenvalue weighted by atomic mass is 79.9. The maximum atomic E-state index is 13.0. The molecule has 1 fully saturated rings. The molecule has 3 aromatic rings. The summed E-state index contributed by atoms with van der Waals surface area (Å²) >= 11 is 3.44. The van der Waals surface area contributed by atoms with E-state index in [4.69, 9.17) is 5.73 Å². The number of hydrogen-bond acceptors (Lipinski definition) is 9. The van der Waals surface area contributed by atoms with Crippen LogP contribution in [-0.2, 0) is 14.8 Å². The average Bonchev–Trinajstić information content (AvgIpc) is 2.99. The molecule has 2 heterocycles. The predicted molar refractivity (Wildman–Crippen MR) is 175 cm³/mol. The number of piperazine rings is 1. The normalized spacial score (nSPS) is 14.0. The SMILES string of the molecule is CCC(=O)N1CCN(CCCCNS(=O)(=O)c2ccc(Nc3ncc(Br)c(Nc4cccc(C)c4C(N)=O)n3)c(C)c2)CC1. The van der Waals surface area contributed by atoms with Crippen molar-refractivity contribution in [3.8, 4) is 0 Å². The number of hydrogen-bond donors (Lipinski definition) is 4. The third-order valence-electron chi connectivity index (χ3n) is 7.49. The standard InChI is InChI=1S/C30H39BrN8O4S/c1-4-26(40)39-16-14-38(15-17-39)13-6-5-12-34-44(42,43)22-10-11-24(21(3)18-22)36-30-33-19-23(31)29(37-30)35-25-9-7-8-20(2)27(25)28(32)41/h7-11,18-19,34H,4-6,12-17H2,1-3H3,(H2,32,41)(H2,33,35,36,37). The molecule has 2 amide bonds. The summed E-state index contributed by atoms with van der Waals surface area (Å²) in [6.45, 7) is 9.91. The summed E-state index contributed by atoms with van der Waals surface area (Å²) in [5, 5.41) is 6.28. The maximum absolute atomic E-state index is 13.0. The summed E-state index contributed by atoms with van der Waals surface area (Å²) in [6.07, 6.45) is 3.69. The van der Waals surface area contributed by atoms with Crippen molar-refractivity contribution >= 4 is 60.9 Å². The second-order valence-corrected chi connectivity index (χ2v) is 13.3. The van der Waals surface area contributed by atoms with E-state index in [1.54, 1.807) is 50.4 Å². The number of nitrogens with two attached hydrogens (primary N) is 1. The van der Waals surface area contributed by atoms with E-state index in [9.17, 15) is 18.0 Å². The molecule has 0 spiro atoms. The predicted octanol–water partition coefficient (Wildman–Crippen LogP) is 4.05. The van der Waals surface area contributed by atoms with Gasteiger partial charge in [0.1, 0.15) is 5.82 Å². The van der Waals surface area contributed by atoms with Crippen LogP contribution >= 0.6 is 15.9 Å². The lowest BCUT2D eigenvalue weighted by molar-refractivity contribution is -0.132. The molecule has 44 heavy (non-hydrogen) atoms. The Kier molecular flexibility index (Phi) is 11.3. The quantitative estimate of drug-likeness (QED) is 0.194. The van der Waals surface area contributed by atoms with E-state index in [0.717, 1.165) is 44.7 Å². The van der Waals surface area contributed by atoms with E-state index in [-0.39, 0.29) is 16.8 Å². The molecule has 1 saturated heterocycles. The number of primary amides is 1. The van der Waals surface area contributed by atoms with Crippen LogP contribution in [0.25, 0.3) is 0 Å². The Balaban J connectivity index is 1.32. The highest BCUT2D eigenvalue weighted by Crippen LogP contribution is 2.29. The first-order valence-electron chi connectivity index (χ1n) is 14.5. The van der Waals surface area contributed by atoms with Crippen molar-refractivity contribution in [1.82, 2.24) is 24.5 Å². The summed E-state index contributed by atoms with van der Waals surface area (Å²) in [7, 11) is -3.68. The van der Waals surface area contributed by atoms with Gasteiger partial charge in [0, 0.05) is 51.0 Å². The molecule has 14 heteroatoms. The van der Waals surface area contributed by atoms with Gasteiger partial charge in [-0.15, -0.1) is 0 Å². The molecule has 4 rings (SSSR count). The van der Waals surface area contributed by atoms with Crippen LogP contribution in [0.15, 0.2) is 52.0 Å². The van der Waals surface area contributed by atoms with Gasteiger partial charge in [0.2, 0.25) is 21.9 Å². The lowest BCUT2D eigenvalue weighted by atomic mass is 10.1. The summed E-state index contributed by atoms with van der Waals surface area (Å²) < 4.78 is 29.2. The monoisotopic (exact) mass is 686 g/mol. The fourth-order valence-electron chi connectivity index (χ4n) is 5.00. The molecule has 12 nitrogen and oxygen atoms in total. The van der Waals surface area contributed by atoms with Gasteiger partial charge in [0.05, 0.1) is 20.6 Å². The van der Waals surface area contributed by atoms with Gasteiger partial charge in [0.15, 0.2) is 0 Å². The topological polar surface area (TPSA) is 163 Å². The first-order valence-corrected chi connectivity index (χ1v) is 16.8. The van der Waals surface area contributed by atoms with Crippen molar-refractivity contribution in [1.29, 1.82) is 0 Å². The van der Waals surface area contributed by atoms with E-state index in [0.29, 0.717) is 52.2 Å². The zero-order chi connectivity index (χ0) is 31.9. The Morgan fingerprint density at radius 2 is 1.75 bits per heavy atom. The largest absolute Gasteiger partial charge is 0.366 e. The van der Waals surface area contributed by atoms with E-state index in [1.165, 1.54) is 0 Å². The molecule has 1 aliphatic heterocycles. The summed E-state index contributed by atoms with van der Waals surface area (Å²) in [5.74, 6) is 0.344. The van der Waals surface area contributed by atoms with E-state index >= 15 is 0 Å². The fraction of sp³-hybridized carbons (Fsp3) is 0.400. The molecular formula is C30H39BrN8O4S. The average molecular weight is 688 g/mol. The minimum atomic E-state index is -3.68. The van der Waals surface area contributed by atoms with Crippen molar-refractivity contribution in [2.24, 2.45) is 5.73 Å². The highest BCUT2D eigenvalue weighted by Gasteiger charge is 2.20. The molecule has 0 aliphatic carbocycles. The molecule has 0 unspecified atom stereocenters. The van der Waals surface area contributed by atoms with Crippen LogP contribution in [0.5, 0.6) is 0 Å². The number of rotatable bonds is 13. The van der Waals surface area contributed by atoms with Crippen molar-refractivity contribution < 1.29 is 18.0 Å². The minimum Gasteiger partial charge on any atom is -0.366 e. The Morgan fingerprint density at radius 1 is 1.00 bits per heavy atom. The summed E-state index contributed by atoms with van der Waals surface area (Å²) in [5.41, 5.74) is 8.56. The van der Waals surface area contributed by atoms with Gasteiger partial charge >= 0.3 is 0 Å². The summed E-state index contributed by atoms with van der Waals surface area (Å²) in [6, 6.07) is 10.2. The van der Waals surface area contributed by atoms with Gasteiger partial charge in [0.25, 0.3) is 5.91 Å². The van der Waals surface area contributed by atoms with Crippen LogP contribution in [0, 0.1) is 13.8 Å². The maximum Gasteiger partial charge on any atom is 0.251 e. The summed E-state index contributed by atoms with van der Waals surface area (Å²) in [4.78, 5) is 37.1. The minimum absolute atomic E-state index is 0.176. The van der Waals surface area contributed by atoms with Gasteiger partial charge in [-0.05, 0) is 84.6 Å². The van der Waals surface area contributed by atoms with E-state index in [2.05, 4.69) is 46.2 Å². The highest BCUT2D eigenvalue weighted by molar-refractivity contribution is 9.10. The Labute approximate surface area is 267 Å². The van der Waals surface area contributed by atoms with Crippen LogP contribution in [0.3, 0.4) is 0 Å². The fourth-order valence-corrected chi connectivity index (χ4v) is 6.45. The molecule has 0 atom stereocenters. The number of anilines is 4. The van der Waals surface area contributed by atoms with Crippen molar-refractivity contribution in [2.75, 3.05) is 49.9 Å². The molecule has 0 bridgehead atoms. The Morgan fingerprint density at radius 3 is 2.43 bits per heavy atom. The van der Waals surface area contributed by atoms with Crippen LogP contribution in [0.1, 0.15) is 47.7 Å². The number of aromatic nitrogens is 2. The Hall–Kier alpha value is -3.59. The molecule has 5 N–H and O–H groups in total. The molecule has 1 aromatic heterocycles. The van der Waals surface area contributed by atoms with Gasteiger partial charge in [-0.1, -0.05) is 19.1 Å². The Bertz CT molecular complexity index is 1610. The number of sulfonamides is 1. The number of carbonyl (C=O) groups excluding carboxylic acids is 2. The second-order valence-electron chi connectivity index (χ2n) is 10.7. The number of amides is 2. The van der Waals surface area contributed by atoms with Crippen LogP contribution in [0.2, 0.25) is 0 Å². The number of aryl methyl sites for hydroxylation is 2. The number of carbonyl (C=O) groups is 2. The molecule has 0 radical (unpaired) electrons. The number of nitrogens with zero attached hydrogens (tertiary/aromatic N) is 4. The van der Waals surface area contributed by atoms with Crippen molar-refractivity contribution in [3.05, 3.63) is 63.8 Å². The number of benzene rings is 2. The third-order valence-corrected chi connectivity index (χ3v) is 9.53. The smallest absolute Gasteiger partial charge is 0.251 e. The number of nitrogens with one attached hydrogen (secondary N) is 3. The van der Waals surface area contributed by atoms with Crippen molar-refractivity contribution in [3.63, 3.8) is 0 Å². The second kappa shape index (κ2) is 14.9. The van der Waals surface area contributed by atoms with E-state index < -0.39 is 15.9 Å². The third kappa shape index (κ3) is 8.52. The van der Waals surface area contributed by atoms with Gasteiger partial charge in [-0.25, -0.2) is 18.1 Å². The van der Waals surface area contributed by atoms with Crippen LogP contribution in [-0.4, -0.2) is 79.3 Å². The van der Waals surface area contributed by atoms with Crippen LogP contribution < -0.4 is 21.1 Å². The van der Waals surface area contributed by atoms with Gasteiger partial charge < -0.3 is 21.3 Å². The zero-order valence-electron chi connectivity index (χ0n) is 25.2.